The van der Waals surface area contributed by atoms with Crippen molar-refractivity contribution in [2.75, 3.05) is 0 Å². The Morgan fingerprint density at radius 3 is 2.50 bits per heavy atom. The lowest BCUT2D eigenvalue weighted by atomic mass is 9.98. The van der Waals surface area contributed by atoms with Crippen LogP contribution in [0, 0.1) is 13.0 Å². The van der Waals surface area contributed by atoms with Crippen molar-refractivity contribution in [2.24, 2.45) is 0 Å². The van der Waals surface area contributed by atoms with Crippen molar-refractivity contribution in [3.8, 4) is 11.1 Å². The first-order valence-electron chi connectivity index (χ1n) is 4.76. The lowest BCUT2D eigenvalue weighted by Gasteiger charge is -2.06. The zero-order chi connectivity index (χ0) is 9.80. The molecule has 0 heterocycles. The van der Waals surface area contributed by atoms with Gasteiger partial charge in [-0.1, -0.05) is 48.5 Å². The van der Waals surface area contributed by atoms with Crippen LogP contribution in [0.25, 0.3) is 11.1 Å². The Labute approximate surface area is 85.2 Å². The Balaban J connectivity index is 2.51. The zero-order valence-corrected chi connectivity index (χ0v) is 8.03. The summed E-state index contributed by atoms with van der Waals surface area (Å²) in [6.45, 7) is 3.93. The molecule has 0 unspecified atom stereocenters. The molecule has 2 aromatic rings. The monoisotopic (exact) mass is 180 g/mol. The highest BCUT2D eigenvalue weighted by molar-refractivity contribution is 5.66. The first-order chi connectivity index (χ1) is 6.92. The lowest BCUT2D eigenvalue weighted by molar-refractivity contribution is 1.27. The molecule has 0 saturated carbocycles. The normalized spacial score (nSPS) is 10.1. The molecule has 0 spiro atoms. The lowest BCUT2D eigenvalue weighted by Crippen LogP contribution is -1.86. The molecule has 0 nitrogen and oxygen atoms in total. The maximum Gasteiger partial charge on any atom is -0.00991 e. The molecule has 0 aliphatic rings. The highest BCUT2D eigenvalue weighted by Gasteiger charge is 2.01. The summed E-state index contributed by atoms with van der Waals surface area (Å²) in [5.41, 5.74) is 3.66. The van der Waals surface area contributed by atoms with E-state index in [2.05, 4.69) is 37.3 Å². The van der Waals surface area contributed by atoms with Gasteiger partial charge in [0.25, 0.3) is 0 Å². The predicted octanol–water partition coefficient (Wildman–Crippen LogP) is 3.53. The van der Waals surface area contributed by atoms with Crippen molar-refractivity contribution in [3.63, 3.8) is 0 Å². The summed E-state index contributed by atoms with van der Waals surface area (Å²) in [4.78, 5) is 0. The van der Waals surface area contributed by atoms with Crippen molar-refractivity contribution in [1.29, 1.82) is 0 Å². The van der Waals surface area contributed by atoms with Crippen LogP contribution in [0.3, 0.4) is 0 Å². The summed E-state index contributed by atoms with van der Waals surface area (Å²) in [7, 11) is 0. The molecule has 0 saturated heterocycles. The van der Waals surface area contributed by atoms with Gasteiger partial charge in [0, 0.05) is 0 Å². The van der Waals surface area contributed by atoms with Gasteiger partial charge in [-0.25, -0.2) is 0 Å². The molecular formula is C14H12. The van der Waals surface area contributed by atoms with E-state index in [-0.39, 0.29) is 0 Å². The molecule has 0 fully saturated rings. The average Bonchev–Trinajstić information content (AvgIpc) is 2.30. The maximum absolute atomic E-state index is 3.93. The predicted molar refractivity (Wildman–Crippen MR) is 59.8 cm³/mol. The molecule has 0 aliphatic carbocycles. The summed E-state index contributed by atoms with van der Waals surface area (Å²) in [6.07, 6.45) is 0.818. The van der Waals surface area contributed by atoms with Gasteiger partial charge in [-0.05, 0) is 36.1 Å². The average molecular weight is 180 g/mol. The molecule has 0 heteroatoms. The Morgan fingerprint density at radius 2 is 1.79 bits per heavy atom. The summed E-state index contributed by atoms with van der Waals surface area (Å²) in [6, 6.07) is 19.6. The van der Waals surface area contributed by atoms with E-state index < -0.39 is 0 Å². The van der Waals surface area contributed by atoms with Crippen LogP contribution in [0.15, 0.2) is 48.5 Å². The summed E-state index contributed by atoms with van der Waals surface area (Å²) in [5.74, 6) is 0. The molecule has 14 heavy (non-hydrogen) atoms. The highest BCUT2D eigenvalue weighted by Crippen LogP contribution is 2.22. The fourth-order valence-corrected chi connectivity index (χ4v) is 1.56. The van der Waals surface area contributed by atoms with Crippen LogP contribution in [0.1, 0.15) is 5.56 Å². The fourth-order valence-electron chi connectivity index (χ4n) is 1.56. The van der Waals surface area contributed by atoms with Crippen molar-refractivity contribution >= 4 is 0 Å². The second-order valence-corrected chi connectivity index (χ2v) is 3.18. The van der Waals surface area contributed by atoms with Crippen LogP contribution in [-0.2, 0) is 6.42 Å². The molecule has 0 amide bonds. The zero-order valence-electron chi connectivity index (χ0n) is 8.03. The molecule has 2 aromatic carbocycles. The SMILES string of the molecule is [CH2]Cc1ccccc1-c1[c]cccc1. The number of hydrogen-bond acceptors (Lipinski definition) is 0. The van der Waals surface area contributed by atoms with E-state index in [0.29, 0.717) is 0 Å². The van der Waals surface area contributed by atoms with Gasteiger partial charge in [0.15, 0.2) is 0 Å². The molecule has 0 atom stereocenters. The summed E-state index contributed by atoms with van der Waals surface area (Å²) < 4.78 is 0. The molecular weight excluding hydrogens is 168 g/mol. The smallest absolute Gasteiger partial charge is 0.00991 e. The first-order valence-corrected chi connectivity index (χ1v) is 4.76. The third-order valence-corrected chi connectivity index (χ3v) is 2.29. The summed E-state index contributed by atoms with van der Waals surface area (Å²) in [5, 5.41) is 0. The number of rotatable bonds is 2. The Morgan fingerprint density at radius 1 is 1.00 bits per heavy atom. The van der Waals surface area contributed by atoms with E-state index in [9.17, 15) is 0 Å². The van der Waals surface area contributed by atoms with E-state index in [0.717, 1.165) is 12.0 Å². The minimum atomic E-state index is 0.818. The third-order valence-electron chi connectivity index (χ3n) is 2.29. The fraction of sp³-hybridized carbons (Fsp3) is 0.0714. The van der Waals surface area contributed by atoms with Crippen LogP contribution < -0.4 is 0 Å². The van der Waals surface area contributed by atoms with Crippen LogP contribution in [0.2, 0.25) is 0 Å². The van der Waals surface area contributed by atoms with Gasteiger partial charge in [-0.3, -0.25) is 0 Å². The second kappa shape index (κ2) is 4.10. The van der Waals surface area contributed by atoms with E-state index >= 15 is 0 Å². The van der Waals surface area contributed by atoms with Gasteiger partial charge in [-0.15, -0.1) is 0 Å². The van der Waals surface area contributed by atoms with Crippen molar-refractivity contribution in [2.45, 2.75) is 6.42 Å². The quantitative estimate of drug-likeness (QED) is 0.663. The van der Waals surface area contributed by atoms with Gasteiger partial charge in [0.05, 0.1) is 0 Å². The second-order valence-electron chi connectivity index (χ2n) is 3.18. The molecule has 2 rings (SSSR count). The molecule has 68 valence electrons. The Hall–Kier alpha value is -1.56. The first kappa shape index (κ1) is 9.01. The largest absolute Gasteiger partial charge is 0.0620 e. The molecule has 0 bridgehead atoms. The van der Waals surface area contributed by atoms with E-state index in [1.165, 1.54) is 11.1 Å². The number of benzene rings is 2. The van der Waals surface area contributed by atoms with Gasteiger partial charge in [0.1, 0.15) is 0 Å². The van der Waals surface area contributed by atoms with Crippen LogP contribution in [0.5, 0.6) is 0 Å². The van der Waals surface area contributed by atoms with Crippen LogP contribution in [0.4, 0.5) is 0 Å². The van der Waals surface area contributed by atoms with Gasteiger partial charge in [-0.2, -0.15) is 0 Å². The Kier molecular flexibility index (Phi) is 2.64. The van der Waals surface area contributed by atoms with E-state index in [1.807, 2.05) is 24.3 Å². The van der Waals surface area contributed by atoms with Crippen molar-refractivity contribution in [3.05, 3.63) is 67.1 Å². The topological polar surface area (TPSA) is 0 Å². The highest BCUT2D eigenvalue weighted by atomic mass is 14.0. The third kappa shape index (κ3) is 1.69. The van der Waals surface area contributed by atoms with Crippen LogP contribution >= 0.6 is 0 Å². The van der Waals surface area contributed by atoms with Gasteiger partial charge in [0.2, 0.25) is 0 Å². The van der Waals surface area contributed by atoms with Crippen LogP contribution in [-0.4, -0.2) is 0 Å². The van der Waals surface area contributed by atoms with Gasteiger partial charge >= 0.3 is 0 Å². The standard InChI is InChI=1S/C14H12/c1-2-12-8-6-7-11-14(12)13-9-4-3-5-10-13/h3-9,11H,1-2H2. The van der Waals surface area contributed by atoms with E-state index in [4.69, 9.17) is 0 Å². The maximum atomic E-state index is 3.93. The molecule has 2 radical (unpaired) electrons. The molecule has 0 N–H and O–H groups in total. The minimum Gasteiger partial charge on any atom is -0.0620 e. The number of hydrogen-bond donors (Lipinski definition) is 0. The van der Waals surface area contributed by atoms with Crippen molar-refractivity contribution < 1.29 is 0 Å². The van der Waals surface area contributed by atoms with Crippen molar-refractivity contribution in [1.82, 2.24) is 0 Å². The summed E-state index contributed by atoms with van der Waals surface area (Å²) >= 11 is 0. The molecule has 0 aromatic heterocycles. The van der Waals surface area contributed by atoms with E-state index in [1.54, 1.807) is 0 Å². The molecule has 0 aliphatic heterocycles. The minimum absolute atomic E-state index is 0.818. The Bertz CT molecular complexity index is 401. The van der Waals surface area contributed by atoms with Gasteiger partial charge < -0.3 is 0 Å².